The Hall–Kier alpha value is -1.64. The lowest BCUT2D eigenvalue weighted by molar-refractivity contribution is -0.308. The Labute approximate surface area is 356 Å². The number of carbonyl (C=O) groups excluding carboxylic acids is 2. The van der Waals surface area contributed by atoms with E-state index in [-0.39, 0.29) is 42.6 Å². The molecular formula is C42H75N3O13S. The summed E-state index contributed by atoms with van der Waals surface area (Å²) in [6, 6.07) is -0.855. The number of ether oxygens (including phenoxy) is 8. The van der Waals surface area contributed by atoms with E-state index < -0.39 is 95.8 Å². The molecule has 4 heterocycles. The number of cyclic esters (lactones) is 1. The summed E-state index contributed by atoms with van der Waals surface area (Å²) < 4.78 is 50.5. The molecule has 0 aliphatic carbocycles. The second-order valence-electron chi connectivity index (χ2n) is 18.0. The number of thioether (sulfide) groups is 1. The highest BCUT2D eigenvalue weighted by Gasteiger charge is 2.55. The Bertz CT molecular complexity index is 1430. The molecule has 0 saturated carbocycles. The number of nitrogens with zero attached hydrogens (tertiary/aromatic N) is 2. The fourth-order valence-electron chi connectivity index (χ4n) is 9.28. The molecule has 4 saturated heterocycles. The van der Waals surface area contributed by atoms with E-state index in [0.29, 0.717) is 13.2 Å². The van der Waals surface area contributed by atoms with Gasteiger partial charge in [0.2, 0.25) is 5.91 Å². The van der Waals surface area contributed by atoms with Gasteiger partial charge < -0.3 is 63.4 Å². The minimum atomic E-state index is -1.93. The van der Waals surface area contributed by atoms with Gasteiger partial charge in [0.05, 0.1) is 58.9 Å². The number of esters is 1. The van der Waals surface area contributed by atoms with Crippen LogP contribution in [0.25, 0.3) is 0 Å². The third-order valence-electron chi connectivity index (χ3n) is 13.3. The van der Waals surface area contributed by atoms with E-state index in [0.717, 1.165) is 18.0 Å². The second kappa shape index (κ2) is 20.7. The molecule has 0 aromatic rings. The highest BCUT2D eigenvalue weighted by Crippen LogP contribution is 2.45. The maximum absolute atomic E-state index is 14.4. The van der Waals surface area contributed by atoms with E-state index in [4.69, 9.17) is 42.9 Å². The summed E-state index contributed by atoms with van der Waals surface area (Å²) in [6.07, 6.45) is -5.94. The second-order valence-corrected chi connectivity index (χ2v) is 19.1. The molecule has 0 bridgehead atoms. The molecule has 4 rings (SSSR count). The molecule has 16 nitrogen and oxygen atoms in total. The molecule has 0 radical (unpaired) electrons. The molecule has 4 fully saturated rings. The first-order chi connectivity index (χ1) is 27.6. The van der Waals surface area contributed by atoms with Crippen molar-refractivity contribution >= 4 is 28.8 Å². The summed E-state index contributed by atoms with van der Waals surface area (Å²) in [5, 5.41) is 37.8. The summed E-state index contributed by atoms with van der Waals surface area (Å²) in [4.78, 5) is 35.4. The first-order valence-corrected chi connectivity index (χ1v) is 22.2. The summed E-state index contributed by atoms with van der Waals surface area (Å²) in [6.45, 7) is 18.8. The van der Waals surface area contributed by atoms with Crippen LogP contribution in [-0.2, 0) is 47.5 Å². The van der Waals surface area contributed by atoms with Crippen LogP contribution in [0.5, 0.6) is 0 Å². The van der Waals surface area contributed by atoms with Gasteiger partial charge in [0.25, 0.3) is 0 Å². The van der Waals surface area contributed by atoms with E-state index in [1.54, 1.807) is 67.5 Å². The molecule has 0 spiro atoms. The van der Waals surface area contributed by atoms with Gasteiger partial charge in [-0.2, -0.15) is 0 Å². The molecule has 4 aliphatic heterocycles. The number of amides is 1. The smallest absolute Gasteiger partial charge is 0.311 e. The number of aliphatic hydroxyl groups is 3. The van der Waals surface area contributed by atoms with Crippen molar-refractivity contribution in [3.05, 3.63) is 0 Å². The number of rotatable bonds is 11. The quantitative estimate of drug-likeness (QED) is 0.175. The lowest BCUT2D eigenvalue weighted by Crippen LogP contribution is -2.60. The number of aliphatic hydroxyl groups excluding tert-OH is 2. The number of hydrogen-bond acceptors (Lipinski definition) is 15. The summed E-state index contributed by atoms with van der Waals surface area (Å²) in [5.41, 5.74) is -4.15. The Balaban J connectivity index is 1.84. The van der Waals surface area contributed by atoms with Gasteiger partial charge >= 0.3 is 5.97 Å². The van der Waals surface area contributed by atoms with Crippen LogP contribution in [0.3, 0.4) is 0 Å². The van der Waals surface area contributed by atoms with Gasteiger partial charge in [0.1, 0.15) is 23.9 Å². The molecule has 342 valence electrons. The van der Waals surface area contributed by atoms with Crippen molar-refractivity contribution in [2.45, 2.75) is 191 Å². The molecule has 0 aromatic heterocycles. The Kier molecular flexibility index (Phi) is 17.5. The summed E-state index contributed by atoms with van der Waals surface area (Å²) in [5.74, 6) is -3.37. The molecule has 4 aliphatic rings. The maximum Gasteiger partial charge on any atom is 0.311 e. The Morgan fingerprint density at radius 1 is 0.949 bits per heavy atom. The SMILES string of the molecule is CCC1OC(=O)[C@H](C)[C@@H](O[C@H]2C[C@@](C)(OC)[C@@H](O)[C@H](C)O2)[C@H](C)[C@@H](O[C@@H]2O[C@H](C)C[C@H]3[C@@H]2SC(=NCCCOC)N3C)[C@](C)(OC)C[C@@H](C)C(=O)N[C@H](C)[C@@H](O)[C@]1(C)O. The molecule has 59 heavy (non-hydrogen) atoms. The zero-order chi connectivity index (χ0) is 44.2. The van der Waals surface area contributed by atoms with E-state index in [9.17, 15) is 24.9 Å². The number of aliphatic imine (C=N–C) groups is 1. The van der Waals surface area contributed by atoms with Crippen molar-refractivity contribution < 1.29 is 62.8 Å². The molecule has 18 atom stereocenters. The number of methoxy groups -OCH3 is 3. The van der Waals surface area contributed by atoms with Crippen LogP contribution in [0.1, 0.15) is 101 Å². The Morgan fingerprint density at radius 3 is 2.22 bits per heavy atom. The van der Waals surface area contributed by atoms with Crippen LogP contribution >= 0.6 is 11.8 Å². The third kappa shape index (κ3) is 11.1. The predicted octanol–water partition coefficient (Wildman–Crippen LogP) is 3.26. The fraction of sp³-hybridized carbons (Fsp3) is 0.929. The van der Waals surface area contributed by atoms with Crippen LogP contribution in [0.2, 0.25) is 0 Å². The van der Waals surface area contributed by atoms with Crippen LogP contribution < -0.4 is 5.32 Å². The van der Waals surface area contributed by atoms with Gasteiger partial charge in [0.15, 0.2) is 17.7 Å². The van der Waals surface area contributed by atoms with Gasteiger partial charge in [-0.15, -0.1) is 0 Å². The highest BCUT2D eigenvalue weighted by atomic mass is 32.2. The van der Waals surface area contributed by atoms with Gasteiger partial charge in [0, 0.05) is 59.8 Å². The minimum absolute atomic E-state index is 0.0499. The largest absolute Gasteiger partial charge is 0.459 e. The van der Waals surface area contributed by atoms with Gasteiger partial charge in [-0.25, -0.2) is 0 Å². The summed E-state index contributed by atoms with van der Waals surface area (Å²) >= 11 is 1.61. The van der Waals surface area contributed by atoms with Crippen molar-refractivity contribution in [3.8, 4) is 0 Å². The molecule has 4 N–H and O–H groups in total. The first kappa shape index (κ1) is 50.0. The summed E-state index contributed by atoms with van der Waals surface area (Å²) in [7, 11) is 6.81. The minimum Gasteiger partial charge on any atom is -0.459 e. The molecule has 17 heteroatoms. The van der Waals surface area contributed by atoms with Gasteiger partial charge in [-0.1, -0.05) is 32.5 Å². The fourth-order valence-corrected chi connectivity index (χ4v) is 10.7. The van der Waals surface area contributed by atoms with Crippen LogP contribution in [0.4, 0.5) is 0 Å². The van der Waals surface area contributed by atoms with Crippen LogP contribution in [-0.4, -0.2) is 168 Å². The standard InChI is InChI=1S/C42H75N3O13S/c1-15-29-42(10,50)33(46)26(6)44-36(48)22(2)20-41(9,53-14)35(58-38-32-28(19-23(3)54-38)45(11)39(59-32)43-17-16-18-51-12)24(4)31(25(5)37(49)56-29)57-30-21-40(8,52-13)34(47)27(7)55-30/h22-35,38,46-47,50H,15-21H2,1-14H3,(H,44,48)/t22-,23-,24+,25-,26-,27+,28+,29?,30+,31+,32+,33-,34+,35-,38+,40-,41-,42-/m1/s1. The predicted molar refractivity (Wildman–Crippen MR) is 223 cm³/mol. The average molecular weight is 862 g/mol. The molecule has 1 unspecified atom stereocenters. The topological polar surface area (TPSA) is 196 Å². The molecule has 1 amide bonds. The van der Waals surface area contributed by atoms with Crippen molar-refractivity contribution in [1.82, 2.24) is 10.2 Å². The lowest BCUT2D eigenvalue weighted by Gasteiger charge is -2.49. The zero-order valence-electron chi connectivity index (χ0n) is 37.8. The maximum atomic E-state index is 14.4. The number of hydrogen-bond donors (Lipinski definition) is 4. The number of carbonyl (C=O) groups is 2. The highest BCUT2D eigenvalue weighted by molar-refractivity contribution is 8.14. The monoisotopic (exact) mass is 862 g/mol. The molecule has 0 aromatic carbocycles. The van der Waals surface area contributed by atoms with E-state index in [2.05, 4.69) is 10.2 Å². The number of amidine groups is 1. The van der Waals surface area contributed by atoms with Gasteiger partial charge in [-0.3, -0.25) is 14.6 Å². The molecular weight excluding hydrogens is 787 g/mol. The number of nitrogens with one attached hydrogen (secondary N) is 1. The van der Waals surface area contributed by atoms with Crippen molar-refractivity contribution in [2.24, 2.45) is 22.7 Å². The van der Waals surface area contributed by atoms with Crippen molar-refractivity contribution in [3.63, 3.8) is 0 Å². The van der Waals surface area contributed by atoms with E-state index >= 15 is 0 Å². The van der Waals surface area contributed by atoms with E-state index in [1.165, 1.54) is 14.0 Å². The van der Waals surface area contributed by atoms with Crippen molar-refractivity contribution in [2.75, 3.05) is 41.5 Å². The van der Waals surface area contributed by atoms with Crippen molar-refractivity contribution in [1.29, 1.82) is 0 Å². The Morgan fingerprint density at radius 2 is 1.61 bits per heavy atom. The normalized spacial score (nSPS) is 46.3. The third-order valence-corrected chi connectivity index (χ3v) is 14.7. The number of fused-ring (bicyclic) bond motifs is 1. The first-order valence-electron chi connectivity index (χ1n) is 21.3. The van der Waals surface area contributed by atoms with Crippen LogP contribution in [0, 0.1) is 17.8 Å². The van der Waals surface area contributed by atoms with E-state index in [1.807, 2.05) is 27.8 Å². The van der Waals surface area contributed by atoms with Crippen LogP contribution in [0.15, 0.2) is 4.99 Å². The lowest BCUT2D eigenvalue weighted by atomic mass is 9.77. The van der Waals surface area contributed by atoms with Gasteiger partial charge in [-0.05, 0) is 74.1 Å². The zero-order valence-corrected chi connectivity index (χ0v) is 38.7. The average Bonchev–Trinajstić information content (AvgIpc) is 3.51.